The summed E-state index contributed by atoms with van der Waals surface area (Å²) >= 11 is 3.31. The van der Waals surface area contributed by atoms with E-state index >= 15 is 0 Å². The van der Waals surface area contributed by atoms with Gasteiger partial charge in [-0.2, -0.15) is 0 Å². The molecule has 1 aromatic rings. The summed E-state index contributed by atoms with van der Waals surface area (Å²) in [6.07, 6.45) is 2.04. The summed E-state index contributed by atoms with van der Waals surface area (Å²) in [5, 5.41) is 9.40. The Balaban J connectivity index is 2.31. The predicted octanol–water partition coefficient (Wildman–Crippen LogP) is 2.61. The van der Waals surface area contributed by atoms with Gasteiger partial charge in [0, 0.05) is 23.4 Å². The summed E-state index contributed by atoms with van der Waals surface area (Å²) in [7, 11) is 0. The van der Waals surface area contributed by atoms with Gasteiger partial charge in [-0.1, -0.05) is 34.1 Å². The molecular formula is C14H14BrNO3. The minimum absolute atomic E-state index is 0.0322. The molecule has 1 saturated heterocycles. The number of nitrogens with zero attached hydrogens (tertiary/aromatic N) is 1. The van der Waals surface area contributed by atoms with Crippen LogP contribution in [-0.2, 0) is 9.59 Å². The molecule has 2 atom stereocenters. The Labute approximate surface area is 119 Å². The lowest BCUT2D eigenvalue weighted by Crippen LogP contribution is -2.35. The molecule has 0 spiro atoms. The van der Waals surface area contributed by atoms with E-state index in [2.05, 4.69) is 22.5 Å². The second kappa shape index (κ2) is 5.57. The van der Waals surface area contributed by atoms with E-state index in [4.69, 9.17) is 0 Å². The van der Waals surface area contributed by atoms with Crippen molar-refractivity contribution in [2.24, 2.45) is 5.92 Å². The molecule has 1 N–H and O–H groups in total. The topological polar surface area (TPSA) is 57.6 Å². The summed E-state index contributed by atoms with van der Waals surface area (Å²) in [5.41, 5.74) is 0.605. The Kier molecular flexibility index (Phi) is 4.04. The number of carbonyl (C=O) groups is 2. The van der Waals surface area contributed by atoms with E-state index in [1.807, 2.05) is 0 Å². The van der Waals surface area contributed by atoms with Crippen LogP contribution in [0, 0.1) is 5.92 Å². The number of benzene rings is 1. The number of amides is 1. The van der Waals surface area contributed by atoms with Crippen LogP contribution in [0.2, 0.25) is 0 Å². The van der Waals surface area contributed by atoms with E-state index in [0.29, 0.717) is 18.5 Å². The lowest BCUT2D eigenvalue weighted by atomic mass is 10.1. The Morgan fingerprint density at radius 2 is 2.11 bits per heavy atom. The molecule has 0 bridgehead atoms. The Bertz CT molecular complexity index is 512. The van der Waals surface area contributed by atoms with E-state index in [-0.39, 0.29) is 11.8 Å². The number of halogens is 1. The van der Waals surface area contributed by atoms with E-state index in [1.165, 1.54) is 4.90 Å². The monoisotopic (exact) mass is 323 g/mol. The maximum absolute atomic E-state index is 11.9. The quantitative estimate of drug-likeness (QED) is 0.866. The van der Waals surface area contributed by atoms with Crippen LogP contribution in [0.25, 0.3) is 0 Å². The molecule has 4 nitrogen and oxygen atoms in total. The molecule has 0 aliphatic carbocycles. The SMILES string of the molecule is C=CC1CC(=O)N(C(C(=O)O)c2ccc(Br)cc2)C1. The fourth-order valence-corrected chi connectivity index (χ4v) is 2.53. The van der Waals surface area contributed by atoms with Crippen molar-refractivity contribution in [3.05, 3.63) is 47.0 Å². The van der Waals surface area contributed by atoms with E-state index < -0.39 is 12.0 Å². The van der Waals surface area contributed by atoms with Crippen molar-refractivity contribution < 1.29 is 14.7 Å². The molecule has 1 heterocycles. The van der Waals surface area contributed by atoms with Crippen molar-refractivity contribution in [3.63, 3.8) is 0 Å². The van der Waals surface area contributed by atoms with Gasteiger partial charge in [0.2, 0.25) is 5.91 Å². The van der Waals surface area contributed by atoms with Crippen molar-refractivity contribution in [1.29, 1.82) is 0 Å². The maximum atomic E-state index is 11.9. The zero-order valence-electron chi connectivity index (χ0n) is 10.3. The third kappa shape index (κ3) is 2.87. The molecule has 1 amide bonds. The van der Waals surface area contributed by atoms with Crippen LogP contribution in [-0.4, -0.2) is 28.4 Å². The summed E-state index contributed by atoms with van der Waals surface area (Å²) < 4.78 is 0.872. The van der Waals surface area contributed by atoms with Crippen molar-refractivity contribution in [1.82, 2.24) is 4.90 Å². The molecule has 0 radical (unpaired) electrons. The number of likely N-dealkylation sites (tertiary alicyclic amines) is 1. The number of rotatable bonds is 4. The third-order valence-corrected chi connectivity index (χ3v) is 3.78. The highest BCUT2D eigenvalue weighted by Crippen LogP contribution is 2.30. The molecule has 0 saturated carbocycles. The number of hydrogen-bond donors (Lipinski definition) is 1. The molecule has 2 unspecified atom stereocenters. The van der Waals surface area contributed by atoms with Gasteiger partial charge in [0.25, 0.3) is 0 Å². The molecule has 1 aliphatic rings. The lowest BCUT2D eigenvalue weighted by Gasteiger charge is -2.24. The first-order valence-corrected chi connectivity index (χ1v) is 6.72. The zero-order chi connectivity index (χ0) is 14.0. The highest BCUT2D eigenvalue weighted by Gasteiger charge is 2.37. The van der Waals surface area contributed by atoms with Crippen molar-refractivity contribution in [3.8, 4) is 0 Å². The fraction of sp³-hybridized carbons (Fsp3) is 0.286. The van der Waals surface area contributed by atoms with Gasteiger partial charge in [0.15, 0.2) is 6.04 Å². The molecule has 0 aromatic heterocycles. The third-order valence-electron chi connectivity index (χ3n) is 3.25. The normalized spacial score (nSPS) is 20.4. The largest absolute Gasteiger partial charge is 0.479 e. The van der Waals surface area contributed by atoms with Crippen LogP contribution < -0.4 is 0 Å². The van der Waals surface area contributed by atoms with Crippen molar-refractivity contribution >= 4 is 27.8 Å². The second-order valence-electron chi connectivity index (χ2n) is 4.54. The lowest BCUT2D eigenvalue weighted by molar-refractivity contribution is -0.148. The average Bonchev–Trinajstić information content (AvgIpc) is 2.73. The first kappa shape index (κ1) is 13.8. The zero-order valence-corrected chi connectivity index (χ0v) is 11.8. The number of carboxylic acid groups (broad SMARTS) is 1. The molecular weight excluding hydrogens is 310 g/mol. The Morgan fingerprint density at radius 3 is 2.58 bits per heavy atom. The van der Waals surface area contributed by atoms with Crippen molar-refractivity contribution in [2.75, 3.05) is 6.54 Å². The maximum Gasteiger partial charge on any atom is 0.331 e. The highest BCUT2D eigenvalue weighted by molar-refractivity contribution is 9.10. The van der Waals surface area contributed by atoms with Gasteiger partial charge in [-0.15, -0.1) is 6.58 Å². The van der Waals surface area contributed by atoms with Gasteiger partial charge in [0.1, 0.15) is 0 Å². The second-order valence-corrected chi connectivity index (χ2v) is 5.45. The first-order chi connectivity index (χ1) is 9.02. The van der Waals surface area contributed by atoms with Crippen LogP contribution in [0.5, 0.6) is 0 Å². The number of hydrogen-bond acceptors (Lipinski definition) is 2. The first-order valence-electron chi connectivity index (χ1n) is 5.93. The van der Waals surface area contributed by atoms with Crippen LogP contribution in [0.1, 0.15) is 18.0 Å². The minimum Gasteiger partial charge on any atom is -0.479 e. The Morgan fingerprint density at radius 1 is 1.47 bits per heavy atom. The van der Waals surface area contributed by atoms with Crippen LogP contribution in [0.15, 0.2) is 41.4 Å². The average molecular weight is 324 g/mol. The van der Waals surface area contributed by atoms with E-state index in [0.717, 1.165) is 4.47 Å². The van der Waals surface area contributed by atoms with E-state index in [9.17, 15) is 14.7 Å². The van der Waals surface area contributed by atoms with Crippen LogP contribution >= 0.6 is 15.9 Å². The molecule has 5 heteroatoms. The Hall–Kier alpha value is -1.62. The summed E-state index contributed by atoms with van der Waals surface area (Å²) in [6, 6.07) is 6.06. The number of carbonyl (C=O) groups excluding carboxylic acids is 1. The highest BCUT2D eigenvalue weighted by atomic mass is 79.9. The predicted molar refractivity (Wildman–Crippen MR) is 74.5 cm³/mol. The molecule has 2 rings (SSSR count). The number of aliphatic carboxylic acids is 1. The van der Waals surface area contributed by atoms with Gasteiger partial charge in [-0.3, -0.25) is 4.79 Å². The van der Waals surface area contributed by atoms with Gasteiger partial charge in [-0.05, 0) is 17.7 Å². The van der Waals surface area contributed by atoms with E-state index in [1.54, 1.807) is 30.3 Å². The summed E-state index contributed by atoms with van der Waals surface area (Å²) in [6.45, 7) is 4.08. The van der Waals surface area contributed by atoms with Gasteiger partial charge < -0.3 is 10.0 Å². The van der Waals surface area contributed by atoms with Gasteiger partial charge >= 0.3 is 5.97 Å². The molecule has 19 heavy (non-hydrogen) atoms. The number of carboxylic acids is 1. The van der Waals surface area contributed by atoms with Crippen LogP contribution in [0.3, 0.4) is 0 Å². The van der Waals surface area contributed by atoms with Crippen LogP contribution in [0.4, 0.5) is 0 Å². The van der Waals surface area contributed by atoms with Crippen molar-refractivity contribution in [2.45, 2.75) is 12.5 Å². The minimum atomic E-state index is -1.01. The summed E-state index contributed by atoms with van der Waals surface area (Å²) in [5.74, 6) is -1.12. The fourth-order valence-electron chi connectivity index (χ4n) is 2.27. The van der Waals surface area contributed by atoms with Gasteiger partial charge in [0.05, 0.1) is 0 Å². The molecule has 1 aliphatic heterocycles. The smallest absolute Gasteiger partial charge is 0.331 e. The van der Waals surface area contributed by atoms with Gasteiger partial charge in [-0.25, -0.2) is 4.79 Å². The molecule has 1 aromatic carbocycles. The standard InChI is InChI=1S/C14H14BrNO3/c1-2-9-7-12(17)16(8-9)13(14(18)19)10-3-5-11(15)6-4-10/h2-6,9,13H,1,7-8H2,(H,18,19). The molecule has 1 fully saturated rings. The molecule has 100 valence electrons. The summed E-state index contributed by atoms with van der Waals surface area (Å²) in [4.78, 5) is 24.8.